The quantitative estimate of drug-likeness (QED) is 0.612. The van der Waals surface area contributed by atoms with E-state index in [9.17, 15) is 4.79 Å². The summed E-state index contributed by atoms with van der Waals surface area (Å²) in [6.45, 7) is 3.66. The summed E-state index contributed by atoms with van der Waals surface area (Å²) in [7, 11) is 0. The summed E-state index contributed by atoms with van der Waals surface area (Å²) in [4.78, 5) is 11.4. The summed E-state index contributed by atoms with van der Waals surface area (Å²) in [5.41, 5.74) is 0.771. The van der Waals surface area contributed by atoms with E-state index in [4.69, 9.17) is 4.74 Å². The highest BCUT2D eigenvalue weighted by Gasteiger charge is 2.10. The van der Waals surface area contributed by atoms with E-state index in [1.54, 1.807) is 0 Å². The van der Waals surface area contributed by atoms with Crippen molar-refractivity contribution in [2.75, 3.05) is 5.75 Å². The molecule has 0 bridgehead atoms. The summed E-state index contributed by atoms with van der Waals surface area (Å²) in [5, 5.41) is 8.71. The minimum absolute atomic E-state index is 0.0850. The molecule has 0 unspecified atom stereocenters. The third kappa shape index (κ3) is 2.97. The number of hydrogen-bond acceptors (Lipinski definition) is 5. The van der Waals surface area contributed by atoms with Crippen molar-refractivity contribution in [3.05, 3.63) is 24.4 Å². The molecule has 2 aromatic rings. The molecule has 0 saturated carbocycles. The van der Waals surface area contributed by atoms with Gasteiger partial charge in [0.1, 0.15) is 0 Å². The van der Waals surface area contributed by atoms with Crippen LogP contribution in [0.4, 0.5) is 0 Å². The van der Waals surface area contributed by atoms with E-state index in [-0.39, 0.29) is 17.8 Å². The van der Waals surface area contributed by atoms with Gasteiger partial charge < -0.3 is 4.74 Å². The smallest absolute Gasteiger partial charge is 0.316 e. The Labute approximate surface area is 103 Å². The topological polar surface area (TPSA) is 56.5 Å². The lowest BCUT2D eigenvalue weighted by molar-refractivity contribution is -0.144. The Balaban J connectivity index is 2.02. The first kappa shape index (κ1) is 11.9. The van der Waals surface area contributed by atoms with E-state index >= 15 is 0 Å². The van der Waals surface area contributed by atoms with Crippen LogP contribution in [0.5, 0.6) is 0 Å². The van der Waals surface area contributed by atoms with Crippen LogP contribution in [0.1, 0.15) is 13.8 Å². The van der Waals surface area contributed by atoms with Crippen molar-refractivity contribution in [3.63, 3.8) is 0 Å². The Kier molecular flexibility index (Phi) is 3.63. The van der Waals surface area contributed by atoms with Gasteiger partial charge in [-0.15, -0.1) is 10.2 Å². The van der Waals surface area contributed by atoms with Crippen molar-refractivity contribution in [2.24, 2.45) is 0 Å². The number of esters is 1. The van der Waals surface area contributed by atoms with Gasteiger partial charge in [-0.05, 0) is 26.0 Å². The average Bonchev–Trinajstić information content (AvgIpc) is 2.69. The van der Waals surface area contributed by atoms with Gasteiger partial charge in [0.2, 0.25) is 0 Å². The third-order valence-corrected chi connectivity index (χ3v) is 2.89. The molecule has 0 atom stereocenters. The van der Waals surface area contributed by atoms with Gasteiger partial charge in [-0.1, -0.05) is 17.8 Å². The minimum atomic E-state index is -0.238. The van der Waals surface area contributed by atoms with Crippen LogP contribution in [0, 0.1) is 0 Å². The molecule has 0 aromatic carbocycles. The molecule has 5 nitrogen and oxygen atoms in total. The standard InChI is InChI=1S/C11H13N3O2S/c1-8(2)16-10(15)7-17-11-13-12-9-5-3-4-6-14(9)11/h3-6,8H,7H2,1-2H3. The maximum Gasteiger partial charge on any atom is 0.316 e. The van der Waals surface area contributed by atoms with Crippen LogP contribution in [0.3, 0.4) is 0 Å². The van der Waals surface area contributed by atoms with Crippen molar-refractivity contribution >= 4 is 23.4 Å². The summed E-state index contributed by atoms with van der Waals surface area (Å²) < 4.78 is 6.88. The number of aromatic nitrogens is 3. The highest BCUT2D eigenvalue weighted by Crippen LogP contribution is 2.16. The number of thioether (sulfide) groups is 1. The van der Waals surface area contributed by atoms with Crippen LogP contribution in [0.2, 0.25) is 0 Å². The number of hydrogen-bond donors (Lipinski definition) is 0. The second-order valence-corrected chi connectivity index (χ2v) is 4.68. The monoisotopic (exact) mass is 251 g/mol. The predicted molar refractivity (Wildman–Crippen MR) is 64.9 cm³/mol. The van der Waals surface area contributed by atoms with Gasteiger partial charge in [0.05, 0.1) is 11.9 Å². The van der Waals surface area contributed by atoms with E-state index < -0.39 is 0 Å². The first-order valence-electron chi connectivity index (χ1n) is 5.29. The lowest BCUT2D eigenvalue weighted by Crippen LogP contribution is -2.13. The Morgan fingerprint density at radius 3 is 3.06 bits per heavy atom. The van der Waals surface area contributed by atoms with Gasteiger partial charge in [-0.2, -0.15) is 0 Å². The lowest BCUT2D eigenvalue weighted by Gasteiger charge is -2.06. The molecular weight excluding hydrogens is 238 g/mol. The molecule has 0 N–H and O–H groups in total. The minimum Gasteiger partial charge on any atom is -0.462 e. The fourth-order valence-electron chi connectivity index (χ4n) is 1.34. The van der Waals surface area contributed by atoms with Crippen LogP contribution >= 0.6 is 11.8 Å². The fourth-order valence-corrected chi connectivity index (χ4v) is 2.05. The predicted octanol–water partition coefficient (Wildman–Crippen LogP) is 1.77. The first-order chi connectivity index (χ1) is 8.16. The van der Waals surface area contributed by atoms with E-state index in [1.165, 1.54) is 11.8 Å². The number of carbonyl (C=O) groups is 1. The van der Waals surface area contributed by atoms with Gasteiger partial charge in [0.15, 0.2) is 10.8 Å². The molecule has 2 heterocycles. The van der Waals surface area contributed by atoms with Crippen molar-refractivity contribution in [3.8, 4) is 0 Å². The number of nitrogens with zero attached hydrogens (tertiary/aromatic N) is 3. The molecule has 2 aromatic heterocycles. The van der Waals surface area contributed by atoms with E-state index in [0.29, 0.717) is 5.16 Å². The molecule has 0 amide bonds. The van der Waals surface area contributed by atoms with E-state index in [1.807, 2.05) is 42.6 Å². The molecule has 0 radical (unpaired) electrons. The molecule has 2 rings (SSSR count). The first-order valence-corrected chi connectivity index (χ1v) is 6.27. The fraction of sp³-hybridized carbons (Fsp3) is 0.364. The molecule has 0 aliphatic carbocycles. The van der Waals surface area contributed by atoms with Crippen LogP contribution in [-0.4, -0.2) is 32.4 Å². The highest BCUT2D eigenvalue weighted by atomic mass is 32.2. The van der Waals surface area contributed by atoms with Gasteiger partial charge >= 0.3 is 5.97 Å². The van der Waals surface area contributed by atoms with Crippen molar-refractivity contribution in [1.82, 2.24) is 14.6 Å². The maximum absolute atomic E-state index is 11.4. The SMILES string of the molecule is CC(C)OC(=O)CSc1nnc2ccccn12. The Morgan fingerprint density at radius 2 is 2.29 bits per heavy atom. The van der Waals surface area contributed by atoms with Gasteiger partial charge in [-0.25, -0.2) is 0 Å². The van der Waals surface area contributed by atoms with Crippen LogP contribution in [0.25, 0.3) is 5.65 Å². The number of ether oxygens (including phenoxy) is 1. The summed E-state index contributed by atoms with van der Waals surface area (Å²) >= 11 is 1.32. The van der Waals surface area contributed by atoms with Gasteiger partial charge in [-0.3, -0.25) is 9.20 Å². The third-order valence-electron chi connectivity index (χ3n) is 1.97. The summed E-state index contributed by atoms with van der Waals surface area (Å²) in [6, 6.07) is 5.65. The van der Waals surface area contributed by atoms with Crippen molar-refractivity contribution in [1.29, 1.82) is 0 Å². The largest absolute Gasteiger partial charge is 0.462 e. The molecule has 0 saturated heterocycles. The summed E-state index contributed by atoms with van der Waals surface area (Å²) in [6.07, 6.45) is 1.78. The van der Waals surface area contributed by atoms with Crippen LogP contribution in [0.15, 0.2) is 29.6 Å². The van der Waals surface area contributed by atoms with E-state index in [0.717, 1.165) is 5.65 Å². The Bertz CT molecular complexity index is 524. The lowest BCUT2D eigenvalue weighted by atomic mass is 10.5. The number of rotatable bonds is 4. The maximum atomic E-state index is 11.4. The molecule has 6 heteroatoms. The average molecular weight is 251 g/mol. The molecule has 0 spiro atoms. The van der Waals surface area contributed by atoms with Crippen molar-refractivity contribution in [2.45, 2.75) is 25.1 Å². The molecule has 17 heavy (non-hydrogen) atoms. The zero-order chi connectivity index (χ0) is 12.3. The highest BCUT2D eigenvalue weighted by molar-refractivity contribution is 7.99. The summed E-state index contributed by atoms with van der Waals surface area (Å²) in [5.74, 6) is 0.00566. The van der Waals surface area contributed by atoms with E-state index in [2.05, 4.69) is 10.2 Å². The normalized spacial score (nSPS) is 11.0. The second-order valence-electron chi connectivity index (χ2n) is 3.74. The number of carbonyl (C=O) groups excluding carboxylic acids is 1. The number of pyridine rings is 1. The number of fused-ring (bicyclic) bond motifs is 1. The molecular formula is C11H13N3O2S. The second kappa shape index (κ2) is 5.18. The van der Waals surface area contributed by atoms with Crippen LogP contribution in [-0.2, 0) is 9.53 Å². The Hall–Kier alpha value is -1.56. The zero-order valence-corrected chi connectivity index (χ0v) is 10.5. The Morgan fingerprint density at radius 1 is 1.47 bits per heavy atom. The molecule has 0 aliphatic heterocycles. The van der Waals surface area contributed by atoms with Crippen molar-refractivity contribution < 1.29 is 9.53 Å². The van der Waals surface area contributed by atoms with Gasteiger partial charge in [0, 0.05) is 6.20 Å². The molecule has 90 valence electrons. The molecule has 0 aliphatic rings. The van der Waals surface area contributed by atoms with Crippen LogP contribution < -0.4 is 0 Å². The molecule has 0 fully saturated rings. The van der Waals surface area contributed by atoms with Gasteiger partial charge in [0.25, 0.3) is 0 Å². The zero-order valence-electron chi connectivity index (χ0n) is 9.66.